The second kappa shape index (κ2) is 8.69. The first kappa shape index (κ1) is 20.5. The summed E-state index contributed by atoms with van der Waals surface area (Å²) in [4.78, 5) is 22.7. The average molecular weight is 441 g/mol. The van der Waals surface area contributed by atoms with Gasteiger partial charge >= 0.3 is 0 Å². The summed E-state index contributed by atoms with van der Waals surface area (Å²) in [5.41, 5.74) is 3.68. The molecule has 3 aliphatic heterocycles. The molecule has 2 bridgehead atoms. The van der Waals surface area contributed by atoms with E-state index in [0.29, 0.717) is 11.6 Å². The Morgan fingerprint density at radius 2 is 1.67 bits per heavy atom. The summed E-state index contributed by atoms with van der Waals surface area (Å²) in [6.45, 7) is 3.36. The molecule has 0 unspecified atom stereocenters. The highest BCUT2D eigenvalue weighted by atomic mass is 16.1. The number of rotatable bonds is 4. The van der Waals surface area contributed by atoms with E-state index in [1.807, 2.05) is 30.3 Å². The average Bonchev–Trinajstić information content (AvgIpc) is 2.89. The molecule has 1 aromatic heterocycles. The molecule has 5 nitrogen and oxygen atoms in total. The van der Waals surface area contributed by atoms with Crippen LogP contribution in [0, 0.1) is 5.92 Å². The molecule has 1 N–H and O–H groups in total. The van der Waals surface area contributed by atoms with Crippen LogP contribution in [0.4, 0.5) is 17.2 Å². The number of carbonyl (C=O) groups excluding carboxylic acids is 1. The summed E-state index contributed by atoms with van der Waals surface area (Å²) in [6, 6.07) is 18.9. The number of piperidine rings is 3. The van der Waals surface area contributed by atoms with E-state index in [1.165, 1.54) is 50.6 Å². The van der Waals surface area contributed by atoms with E-state index in [-0.39, 0.29) is 5.91 Å². The first-order valence-corrected chi connectivity index (χ1v) is 12.6. The molecule has 1 saturated carbocycles. The van der Waals surface area contributed by atoms with E-state index in [9.17, 15) is 4.79 Å². The van der Waals surface area contributed by atoms with Gasteiger partial charge in [0.1, 0.15) is 5.82 Å². The third-order valence-electron chi connectivity index (χ3n) is 7.79. The first-order valence-electron chi connectivity index (χ1n) is 12.6. The number of anilines is 3. The fourth-order valence-corrected chi connectivity index (χ4v) is 5.88. The predicted molar refractivity (Wildman–Crippen MR) is 135 cm³/mol. The topological polar surface area (TPSA) is 48.5 Å². The molecule has 4 aliphatic rings. The highest BCUT2D eigenvalue weighted by molar-refractivity contribution is 6.05. The van der Waals surface area contributed by atoms with Crippen LogP contribution in [0.15, 0.2) is 54.6 Å². The fraction of sp³-hybridized carbons (Fsp3) is 0.429. The van der Waals surface area contributed by atoms with Gasteiger partial charge in [0.25, 0.3) is 5.91 Å². The van der Waals surface area contributed by atoms with E-state index in [4.69, 9.17) is 4.98 Å². The molecule has 3 saturated heterocycles. The van der Waals surface area contributed by atoms with Crippen LogP contribution in [0.25, 0.3) is 10.9 Å². The molecule has 5 heteroatoms. The molecule has 7 rings (SSSR count). The van der Waals surface area contributed by atoms with Gasteiger partial charge in [-0.3, -0.25) is 4.79 Å². The van der Waals surface area contributed by atoms with Crippen molar-refractivity contribution in [3.8, 4) is 0 Å². The molecule has 0 spiro atoms. The highest BCUT2D eigenvalue weighted by Crippen LogP contribution is 2.37. The second-order valence-corrected chi connectivity index (χ2v) is 9.95. The number of benzene rings is 2. The molecule has 0 atom stereocenters. The Balaban J connectivity index is 1.15. The first-order chi connectivity index (χ1) is 16.2. The molecular weight excluding hydrogens is 408 g/mol. The number of amides is 1. The van der Waals surface area contributed by atoms with Crippen molar-refractivity contribution in [1.82, 2.24) is 4.98 Å². The Hall–Kier alpha value is -3.08. The quantitative estimate of drug-likeness (QED) is 0.552. The van der Waals surface area contributed by atoms with Gasteiger partial charge in [-0.25, -0.2) is 4.98 Å². The monoisotopic (exact) mass is 440 g/mol. The SMILES string of the molecule is O=C(Nc1ccc2nc(N3CC4CCC3CC4)ccc2c1)c1ccc(N2CCCCC2)cc1. The third kappa shape index (κ3) is 4.17. The Kier molecular flexibility index (Phi) is 5.41. The molecule has 1 amide bonds. The van der Waals surface area contributed by atoms with Crippen molar-refractivity contribution in [1.29, 1.82) is 0 Å². The van der Waals surface area contributed by atoms with E-state index < -0.39 is 0 Å². The highest BCUT2D eigenvalue weighted by Gasteiger charge is 2.34. The van der Waals surface area contributed by atoms with Gasteiger partial charge in [0, 0.05) is 48.0 Å². The van der Waals surface area contributed by atoms with Crippen molar-refractivity contribution >= 4 is 34.0 Å². The number of hydrogen-bond acceptors (Lipinski definition) is 4. The van der Waals surface area contributed by atoms with Crippen LogP contribution in [-0.4, -0.2) is 36.6 Å². The summed E-state index contributed by atoms with van der Waals surface area (Å²) in [6.07, 6.45) is 9.17. The molecule has 170 valence electrons. The van der Waals surface area contributed by atoms with Crippen LogP contribution < -0.4 is 15.1 Å². The Morgan fingerprint density at radius 1 is 0.879 bits per heavy atom. The van der Waals surface area contributed by atoms with Crippen LogP contribution >= 0.6 is 0 Å². The van der Waals surface area contributed by atoms with Crippen LogP contribution in [0.1, 0.15) is 55.3 Å². The number of aromatic nitrogens is 1. The maximum Gasteiger partial charge on any atom is 0.255 e. The number of nitrogens with one attached hydrogen (secondary N) is 1. The molecule has 0 radical (unpaired) electrons. The van der Waals surface area contributed by atoms with Gasteiger partial charge in [-0.05, 0) is 105 Å². The molecule has 4 fully saturated rings. The van der Waals surface area contributed by atoms with Crippen molar-refractivity contribution in [2.45, 2.75) is 51.0 Å². The predicted octanol–water partition coefficient (Wildman–Crippen LogP) is 5.86. The third-order valence-corrected chi connectivity index (χ3v) is 7.79. The zero-order valence-electron chi connectivity index (χ0n) is 19.2. The normalized spacial score (nSPS) is 22.5. The molecule has 3 aromatic rings. The van der Waals surface area contributed by atoms with Crippen molar-refractivity contribution in [3.63, 3.8) is 0 Å². The van der Waals surface area contributed by atoms with Crippen LogP contribution in [0.3, 0.4) is 0 Å². The van der Waals surface area contributed by atoms with Gasteiger partial charge in [0.2, 0.25) is 0 Å². The number of carbonyl (C=O) groups is 1. The lowest BCUT2D eigenvalue weighted by atomic mass is 9.80. The molecule has 33 heavy (non-hydrogen) atoms. The fourth-order valence-electron chi connectivity index (χ4n) is 5.88. The number of hydrogen-bond donors (Lipinski definition) is 1. The summed E-state index contributed by atoms with van der Waals surface area (Å²) < 4.78 is 0. The van der Waals surface area contributed by atoms with Crippen molar-refractivity contribution < 1.29 is 4.79 Å². The smallest absolute Gasteiger partial charge is 0.255 e. The lowest BCUT2D eigenvalue weighted by molar-refractivity contribution is 0.102. The molecular formula is C28H32N4O. The second-order valence-electron chi connectivity index (χ2n) is 9.95. The van der Waals surface area contributed by atoms with Gasteiger partial charge in [-0.15, -0.1) is 0 Å². The number of pyridine rings is 1. The van der Waals surface area contributed by atoms with Gasteiger partial charge in [0.05, 0.1) is 5.52 Å². The van der Waals surface area contributed by atoms with E-state index in [2.05, 4.69) is 39.4 Å². The minimum absolute atomic E-state index is 0.0755. The number of nitrogens with zero attached hydrogens (tertiary/aromatic N) is 3. The Bertz CT molecular complexity index is 1140. The largest absolute Gasteiger partial charge is 0.372 e. The van der Waals surface area contributed by atoms with Crippen molar-refractivity contribution in [2.75, 3.05) is 34.8 Å². The summed E-state index contributed by atoms with van der Waals surface area (Å²) in [5.74, 6) is 1.86. The van der Waals surface area contributed by atoms with Crippen LogP contribution in [0.2, 0.25) is 0 Å². The minimum Gasteiger partial charge on any atom is -0.372 e. The summed E-state index contributed by atoms with van der Waals surface area (Å²) in [5, 5.41) is 4.11. The van der Waals surface area contributed by atoms with Gasteiger partial charge in [0.15, 0.2) is 0 Å². The minimum atomic E-state index is -0.0755. The lowest BCUT2D eigenvalue weighted by Crippen LogP contribution is -2.48. The van der Waals surface area contributed by atoms with E-state index >= 15 is 0 Å². The number of fused-ring (bicyclic) bond motifs is 4. The van der Waals surface area contributed by atoms with Crippen molar-refractivity contribution in [3.05, 3.63) is 60.2 Å². The van der Waals surface area contributed by atoms with Crippen LogP contribution in [0.5, 0.6) is 0 Å². The Labute approximate surface area is 195 Å². The van der Waals surface area contributed by atoms with E-state index in [0.717, 1.165) is 48.0 Å². The Morgan fingerprint density at radius 3 is 2.39 bits per heavy atom. The summed E-state index contributed by atoms with van der Waals surface area (Å²) >= 11 is 0. The van der Waals surface area contributed by atoms with Gasteiger partial charge < -0.3 is 15.1 Å². The summed E-state index contributed by atoms with van der Waals surface area (Å²) in [7, 11) is 0. The molecule has 1 aliphatic carbocycles. The molecule has 2 aromatic carbocycles. The zero-order chi connectivity index (χ0) is 22.2. The maximum atomic E-state index is 12.8. The lowest BCUT2D eigenvalue weighted by Gasteiger charge is -2.46. The zero-order valence-corrected chi connectivity index (χ0v) is 19.2. The standard InChI is InChI=1S/C28H32N4O/c33-28(21-6-12-24(13-7-21)31-16-2-1-3-17-31)29-23-9-14-26-22(18-23)8-15-27(30-26)32-19-20-4-10-25(32)11-5-20/h6-9,12-15,18,20,25H,1-5,10-11,16-17,19H2,(H,29,33). The maximum absolute atomic E-state index is 12.8. The van der Waals surface area contributed by atoms with Gasteiger partial charge in [-0.2, -0.15) is 0 Å². The van der Waals surface area contributed by atoms with E-state index in [1.54, 1.807) is 0 Å². The molecule has 4 heterocycles. The van der Waals surface area contributed by atoms with Crippen molar-refractivity contribution in [2.24, 2.45) is 5.92 Å². The van der Waals surface area contributed by atoms with Crippen LogP contribution in [-0.2, 0) is 0 Å². The van der Waals surface area contributed by atoms with Gasteiger partial charge in [-0.1, -0.05) is 0 Å².